The Hall–Kier alpha value is -3.00. The Morgan fingerprint density at radius 3 is 2.56 bits per heavy atom. The maximum absolute atomic E-state index is 6.24. The summed E-state index contributed by atoms with van der Waals surface area (Å²) >= 11 is 13.8. The van der Waals surface area contributed by atoms with E-state index in [1.165, 1.54) is 0 Å². The van der Waals surface area contributed by atoms with Gasteiger partial charge in [-0.3, -0.25) is 0 Å². The van der Waals surface area contributed by atoms with Crippen LogP contribution in [0, 0.1) is 0 Å². The molecule has 1 aromatic heterocycles. The summed E-state index contributed by atoms with van der Waals surface area (Å²) in [6.45, 7) is 2.45. The summed E-state index contributed by atoms with van der Waals surface area (Å²) in [7, 11) is 1.61. The smallest absolute Gasteiger partial charge is 0.212 e. The SMILES string of the molecule is CCCc1nnc(SCc2ccc(Cl)cc2)n1/N=C/c1ccc(OCc2ccccc2Cl)c(OC)c1. The molecule has 0 bridgehead atoms. The van der Waals surface area contributed by atoms with E-state index >= 15 is 0 Å². The van der Waals surface area contributed by atoms with Crippen LogP contribution in [0.1, 0.15) is 35.9 Å². The number of methoxy groups -OCH3 is 1. The largest absolute Gasteiger partial charge is 0.493 e. The van der Waals surface area contributed by atoms with Crippen LogP contribution in [0.5, 0.6) is 11.5 Å². The molecular weight excluding hydrogens is 515 g/mol. The van der Waals surface area contributed by atoms with Gasteiger partial charge < -0.3 is 9.47 Å². The molecule has 0 saturated carbocycles. The first-order valence-corrected chi connectivity index (χ1v) is 13.2. The van der Waals surface area contributed by atoms with E-state index < -0.39 is 0 Å². The van der Waals surface area contributed by atoms with Gasteiger partial charge in [0.1, 0.15) is 6.61 Å². The van der Waals surface area contributed by atoms with E-state index in [0.29, 0.717) is 23.1 Å². The molecule has 0 spiro atoms. The molecule has 0 saturated heterocycles. The molecule has 0 unspecified atom stereocenters. The van der Waals surface area contributed by atoms with Gasteiger partial charge >= 0.3 is 0 Å². The van der Waals surface area contributed by atoms with E-state index in [-0.39, 0.29) is 0 Å². The molecule has 4 aromatic rings. The molecule has 36 heavy (non-hydrogen) atoms. The summed E-state index contributed by atoms with van der Waals surface area (Å²) < 4.78 is 13.3. The van der Waals surface area contributed by atoms with E-state index in [1.807, 2.05) is 66.7 Å². The van der Waals surface area contributed by atoms with Crippen LogP contribution in [-0.2, 0) is 18.8 Å². The number of ether oxygens (including phenoxy) is 2. The molecule has 6 nitrogen and oxygen atoms in total. The van der Waals surface area contributed by atoms with Crippen LogP contribution in [0.15, 0.2) is 77.0 Å². The van der Waals surface area contributed by atoms with Crippen molar-refractivity contribution in [2.24, 2.45) is 5.10 Å². The fourth-order valence-electron chi connectivity index (χ4n) is 3.39. The molecule has 4 rings (SSSR count). The molecule has 0 amide bonds. The molecule has 9 heteroatoms. The highest BCUT2D eigenvalue weighted by Gasteiger charge is 2.12. The van der Waals surface area contributed by atoms with E-state index in [1.54, 1.807) is 29.8 Å². The van der Waals surface area contributed by atoms with Gasteiger partial charge in [0.25, 0.3) is 0 Å². The quantitative estimate of drug-likeness (QED) is 0.147. The average Bonchev–Trinajstić information content (AvgIpc) is 3.28. The number of rotatable bonds is 11. The van der Waals surface area contributed by atoms with Gasteiger partial charge in [-0.1, -0.05) is 72.2 Å². The molecular formula is C27H26Cl2N4O2S. The van der Waals surface area contributed by atoms with Gasteiger partial charge in [-0.15, -0.1) is 10.2 Å². The van der Waals surface area contributed by atoms with Crippen molar-refractivity contribution in [2.45, 2.75) is 37.3 Å². The third kappa shape index (κ3) is 6.81. The number of halogens is 2. The maximum Gasteiger partial charge on any atom is 0.212 e. The summed E-state index contributed by atoms with van der Waals surface area (Å²) in [4.78, 5) is 0. The van der Waals surface area contributed by atoms with Crippen LogP contribution in [0.25, 0.3) is 0 Å². The maximum atomic E-state index is 6.24. The van der Waals surface area contributed by atoms with Gasteiger partial charge in [-0.25, -0.2) is 0 Å². The number of hydrogen-bond donors (Lipinski definition) is 0. The van der Waals surface area contributed by atoms with E-state index in [4.69, 9.17) is 37.8 Å². The van der Waals surface area contributed by atoms with Gasteiger partial charge in [0.15, 0.2) is 17.3 Å². The van der Waals surface area contributed by atoms with E-state index in [0.717, 1.165) is 51.3 Å². The zero-order chi connectivity index (χ0) is 25.3. The van der Waals surface area contributed by atoms with Gasteiger partial charge in [0.2, 0.25) is 5.16 Å². The zero-order valence-electron chi connectivity index (χ0n) is 20.0. The van der Waals surface area contributed by atoms with Crippen LogP contribution in [0.3, 0.4) is 0 Å². The van der Waals surface area contributed by atoms with Gasteiger partial charge in [0, 0.05) is 27.8 Å². The standard InChI is InChI=1S/C27H26Cl2N4O2S/c1-3-6-26-31-32-27(36-18-19-9-12-22(28)13-10-19)33(26)30-16-20-11-14-24(25(15-20)34-2)35-17-21-7-4-5-8-23(21)29/h4-5,7-16H,3,6,17-18H2,1-2H3/b30-16+. The lowest BCUT2D eigenvalue weighted by Crippen LogP contribution is -2.01. The summed E-state index contributed by atoms with van der Waals surface area (Å²) in [6.07, 6.45) is 3.50. The van der Waals surface area contributed by atoms with Crippen molar-refractivity contribution < 1.29 is 9.47 Å². The fraction of sp³-hybridized carbons (Fsp3) is 0.222. The second-order valence-electron chi connectivity index (χ2n) is 7.91. The lowest BCUT2D eigenvalue weighted by atomic mass is 10.2. The van der Waals surface area contributed by atoms with Crippen molar-refractivity contribution in [3.8, 4) is 11.5 Å². The first kappa shape index (κ1) is 26.1. The Labute approximate surface area is 225 Å². The third-order valence-electron chi connectivity index (χ3n) is 5.28. The van der Waals surface area contributed by atoms with Crippen molar-refractivity contribution >= 4 is 41.2 Å². The molecule has 0 aliphatic carbocycles. The van der Waals surface area contributed by atoms with Gasteiger partial charge in [0.05, 0.1) is 13.3 Å². The first-order chi connectivity index (χ1) is 17.6. The van der Waals surface area contributed by atoms with Crippen LogP contribution in [0.2, 0.25) is 10.0 Å². The Bertz CT molecular complexity index is 1330. The molecule has 0 atom stereocenters. The molecule has 0 N–H and O–H groups in total. The predicted molar refractivity (Wildman–Crippen MR) is 147 cm³/mol. The Kier molecular flexibility index (Phi) is 9.28. The number of benzene rings is 3. The number of nitrogens with zero attached hydrogens (tertiary/aromatic N) is 4. The average molecular weight is 542 g/mol. The van der Waals surface area contributed by atoms with E-state index in [2.05, 4.69) is 17.1 Å². The van der Waals surface area contributed by atoms with Crippen LogP contribution in [0.4, 0.5) is 0 Å². The first-order valence-electron chi connectivity index (χ1n) is 11.5. The molecule has 186 valence electrons. The Morgan fingerprint density at radius 1 is 1.00 bits per heavy atom. The minimum atomic E-state index is 0.346. The normalized spacial score (nSPS) is 11.2. The Balaban J connectivity index is 1.50. The third-order valence-corrected chi connectivity index (χ3v) is 6.89. The summed E-state index contributed by atoms with van der Waals surface area (Å²) in [5.41, 5.74) is 2.92. The molecule has 0 fully saturated rings. The lowest BCUT2D eigenvalue weighted by molar-refractivity contribution is 0.284. The van der Waals surface area contributed by atoms with Gasteiger partial charge in [-0.05, 0) is 53.9 Å². The summed E-state index contributed by atoms with van der Waals surface area (Å²) in [5.74, 6) is 2.80. The highest BCUT2D eigenvalue weighted by molar-refractivity contribution is 7.98. The highest BCUT2D eigenvalue weighted by Crippen LogP contribution is 2.29. The van der Waals surface area contributed by atoms with Crippen molar-refractivity contribution in [1.82, 2.24) is 14.9 Å². The Morgan fingerprint density at radius 2 is 1.81 bits per heavy atom. The monoisotopic (exact) mass is 540 g/mol. The lowest BCUT2D eigenvalue weighted by Gasteiger charge is -2.12. The topological polar surface area (TPSA) is 61.5 Å². The van der Waals surface area contributed by atoms with Gasteiger partial charge in [-0.2, -0.15) is 9.78 Å². The van der Waals surface area contributed by atoms with Crippen molar-refractivity contribution in [2.75, 3.05) is 7.11 Å². The molecule has 0 aliphatic rings. The molecule has 0 radical (unpaired) electrons. The van der Waals surface area contributed by atoms with E-state index in [9.17, 15) is 0 Å². The second-order valence-corrected chi connectivity index (χ2v) is 9.70. The number of thioether (sulfide) groups is 1. The zero-order valence-corrected chi connectivity index (χ0v) is 22.4. The highest BCUT2D eigenvalue weighted by atomic mass is 35.5. The fourth-order valence-corrected chi connectivity index (χ4v) is 4.57. The van der Waals surface area contributed by atoms with Crippen LogP contribution in [-0.4, -0.2) is 28.2 Å². The van der Waals surface area contributed by atoms with Crippen LogP contribution >= 0.6 is 35.0 Å². The van der Waals surface area contributed by atoms with Crippen molar-refractivity contribution in [1.29, 1.82) is 0 Å². The summed E-state index contributed by atoms with van der Waals surface area (Å²) in [5, 5.41) is 15.5. The van der Waals surface area contributed by atoms with Crippen molar-refractivity contribution in [3.05, 3.63) is 99.3 Å². The number of aromatic nitrogens is 3. The molecule has 3 aromatic carbocycles. The second kappa shape index (κ2) is 12.8. The number of hydrogen-bond acceptors (Lipinski definition) is 6. The molecule has 1 heterocycles. The van der Waals surface area contributed by atoms with Crippen molar-refractivity contribution in [3.63, 3.8) is 0 Å². The number of aryl methyl sites for hydroxylation is 1. The van der Waals surface area contributed by atoms with Crippen LogP contribution < -0.4 is 9.47 Å². The minimum Gasteiger partial charge on any atom is -0.493 e. The predicted octanol–water partition coefficient (Wildman–Crippen LogP) is 7.30. The minimum absolute atomic E-state index is 0.346. The molecule has 0 aliphatic heterocycles. The summed E-state index contributed by atoms with van der Waals surface area (Å²) in [6, 6.07) is 21.1.